The van der Waals surface area contributed by atoms with Crippen LogP contribution in [0.2, 0.25) is 0 Å². The van der Waals surface area contributed by atoms with Gasteiger partial charge in [-0.05, 0) is 47.4 Å². The van der Waals surface area contributed by atoms with Crippen LogP contribution in [0.1, 0.15) is 12.8 Å². The molecule has 1 saturated heterocycles. The Balaban J connectivity index is 1.91. The minimum Gasteiger partial charge on any atom is -0.379 e. The fourth-order valence-electron chi connectivity index (χ4n) is 2.32. The van der Waals surface area contributed by atoms with E-state index in [2.05, 4.69) is 36.5 Å². The van der Waals surface area contributed by atoms with Gasteiger partial charge in [-0.2, -0.15) is 0 Å². The van der Waals surface area contributed by atoms with Crippen LogP contribution >= 0.6 is 15.9 Å². The molecule has 0 bridgehead atoms. The van der Waals surface area contributed by atoms with Crippen LogP contribution in [0.4, 0.5) is 5.69 Å². The Bertz CT molecular complexity index is 552. The van der Waals surface area contributed by atoms with Gasteiger partial charge in [-0.3, -0.25) is 9.97 Å². The molecule has 0 saturated carbocycles. The van der Waals surface area contributed by atoms with Crippen molar-refractivity contribution in [2.45, 2.75) is 18.9 Å². The number of piperidine rings is 1. The predicted octanol–water partition coefficient (Wildman–Crippen LogP) is 2.56. The third kappa shape index (κ3) is 2.47. The zero-order chi connectivity index (χ0) is 12.4. The van der Waals surface area contributed by atoms with Crippen molar-refractivity contribution in [1.29, 1.82) is 0 Å². The van der Waals surface area contributed by atoms with Gasteiger partial charge in [-0.15, -0.1) is 0 Å². The average Bonchev–Trinajstić information content (AvgIpc) is 2.40. The summed E-state index contributed by atoms with van der Waals surface area (Å²) in [6.45, 7) is 2.14. The van der Waals surface area contributed by atoms with Gasteiger partial charge in [0.2, 0.25) is 0 Å². The SMILES string of the molecule is Brc1cnc2c(NC3CCCNC3)ccnc2c1. The van der Waals surface area contributed by atoms with Crippen molar-refractivity contribution < 1.29 is 0 Å². The van der Waals surface area contributed by atoms with Gasteiger partial charge in [0.05, 0.1) is 11.2 Å². The smallest absolute Gasteiger partial charge is 0.112 e. The fourth-order valence-corrected chi connectivity index (χ4v) is 2.64. The highest BCUT2D eigenvalue weighted by atomic mass is 79.9. The highest BCUT2D eigenvalue weighted by Gasteiger charge is 2.14. The zero-order valence-corrected chi connectivity index (χ0v) is 11.6. The summed E-state index contributed by atoms with van der Waals surface area (Å²) in [6, 6.07) is 4.47. The molecule has 18 heavy (non-hydrogen) atoms. The second-order valence-electron chi connectivity index (χ2n) is 4.57. The monoisotopic (exact) mass is 306 g/mol. The summed E-state index contributed by atoms with van der Waals surface area (Å²) < 4.78 is 0.957. The number of hydrogen-bond acceptors (Lipinski definition) is 4. The Kier molecular flexibility index (Phi) is 3.43. The number of anilines is 1. The summed E-state index contributed by atoms with van der Waals surface area (Å²) in [4.78, 5) is 8.80. The van der Waals surface area contributed by atoms with E-state index >= 15 is 0 Å². The minimum absolute atomic E-state index is 0.481. The van der Waals surface area contributed by atoms with Gasteiger partial charge in [0.15, 0.2) is 0 Å². The topological polar surface area (TPSA) is 49.8 Å². The molecule has 2 aromatic rings. The van der Waals surface area contributed by atoms with E-state index in [0.717, 1.165) is 34.3 Å². The molecular weight excluding hydrogens is 292 g/mol. The number of nitrogens with one attached hydrogen (secondary N) is 2. The highest BCUT2D eigenvalue weighted by molar-refractivity contribution is 9.10. The van der Waals surface area contributed by atoms with Crippen molar-refractivity contribution in [1.82, 2.24) is 15.3 Å². The van der Waals surface area contributed by atoms with E-state index in [1.54, 1.807) is 0 Å². The molecule has 4 nitrogen and oxygen atoms in total. The molecule has 0 aromatic carbocycles. The summed E-state index contributed by atoms with van der Waals surface area (Å²) in [7, 11) is 0. The molecule has 0 radical (unpaired) electrons. The van der Waals surface area contributed by atoms with E-state index in [1.807, 2.05) is 24.5 Å². The Morgan fingerprint density at radius 1 is 1.39 bits per heavy atom. The van der Waals surface area contributed by atoms with Crippen molar-refractivity contribution >= 4 is 32.7 Å². The number of rotatable bonds is 2. The lowest BCUT2D eigenvalue weighted by atomic mass is 10.1. The fraction of sp³-hybridized carbons (Fsp3) is 0.385. The lowest BCUT2D eigenvalue weighted by Crippen LogP contribution is -2.38. The van der Waals surface area contributed by atoms with Gasteiger partial charge < -0.3 is 10.6 Å². The average molecular weight is 307 g/mol. The van der Waals surface area contributed by atoms with Gasteiger partial charge in [0.1, 0.15) is 5.52 Å². The first-order valence-corrected chi connectivity index (χ1v) is 7.00. The molecule has 1 fully saturated rings. The normalized spacial score (nSPS) is 19.9. The maximum Gasteiger partial charge on any atom is 0.112 e. The first-order chi connectivity index (χ1) is 8.83. The van der Waals surface area contributed by atoms with E-state index in [0.29, 0.717) is 6.04 Å². The van der Waals surface area contributed by atoms with E-state index in [9.17, 15) is 0 Å². The summed E-state index contributed by atoms with van der Waals surface area (Å²) in [5.41, 5.74) is 2.92. The van der Waals surface area contributed by atoms with Gasteiger partial charge in [0.25, 0.3) is 0 Å². The number of halogens is 1. The molecule has 2 aromatic heterocycles. The van der Waals surface area contributed by atoms with Gasteiger partial charge >= 0.3 is 0 Å². The second-order valence-corrected chi connectivity index (χ2v) is 5.48. The Morgan fingerprint density at radius 2 is 2.33 bits per heavy atom. The quantitative estimate of drug-likeness (QED) is 0.895. The number of pyridine rings is 2. The van der Waals surface area contributed by atoms with Crippen LogP contribution < -0.4 is 10.6 Å². The lowest BCUT2D eigenvalue weighted by molar-refractivity contribution is 0.480. The van der Waals surface area contributed by atoms with Crippen LogP contribution in [0.15, 0.2) is 29.0 Å². The maximum absolute atomic E-state index is 4.45. The molecule has 5 heteroatoms. The van der Waals surface area contributed by atoms with Crippen LogP contribution in [0.25, 0.3) is 11.0 Å². The molecule has 3 heterocycles. The van der Waals surface area contributed by atoms with Gasteiger partial charge in [0, 0.05) is 29.5 Å². The van der Waals surface area contributed by atoms with Crippen molar-refractivity contribution in [3.05, 3.63) is 29.0 Å². The summed E-state index contributed by atoms with van der Waals surface area (Å²) in [5.74, 6) is 0. The van der Waals surface area contributed by atoms with Crippen LogP contribution in [0.3, 0.4) is 0 Å². The minimum atomic E-state index is 0.481. The van der Waals surface area contributed by atoms with Crippen LogP contribution in [-0.2, 0) is 0 Å². The van der Waals surface area contributed by atoms with Gasteiger partial charge in [-0.25, -0.2) is 0 Å². The van der Waals surface area contributed by atoms with E-state index < -0.39 is 0 Å². The number of hydrogen-bond donors (Lipinski definition) is 2. The Labute approximate surface area is 114 Å². The van der Waals surface area contributed by atoms with Crippen molar-refractivity contribution in [3.63, 3.8) is 0 Å². The van der Waals surface area contributed by atoms with Crippen molar-refractivity contribution in [2.24, 2.45) is 0 Å². The summed E-state index contributed by atoms with van der Waals surface area (Å²) in [5, 5.41) is 6.97. The van der Waals surface area contributed by atoms with Gasteiger partial charge in [-0.1, -0.05) is 0 Å². The van der Waals surface area contributed by atoms with E-state index in [4.69, 9.17) is 0 Å². The molecule has 0 amide bonds. The number of aromatic nitrogens is 2. The highest BCUT2D eigenvalue weighted by Crippen LogP contribution is 2.23. The van der Waals surface area contributed by atoms with E-state index in [-0.39, 0.29) is 0 Å². The molecule has 0 aliphatic carbocycles. The first-order valence-electron chi connectivity index (χ1n) is 6.20. The van der Waals surface area contributed by atoms with Crippen molar-refractivity contribution in [3.8, 4) is 0 Å². The molecule has 2 N–H and O–H groups in total. The molecule has 1 aliphatic rings. The van der Waals surface area contributed by atoms with Crippen LogP contribution in [-0.4, -0.2) is 29.1 Å². The molecule has 0 spiro atoms. The summed E-state index contributed by atoms with van der Waals surface area (Å²) >= 11 is 3.42. The van der Waals surface area contributed by atoms with Crippen molar-refractivity contribution in [2.75, 3.05) is 18.4 Å². The third-order valence-electron chi connectivity index (χ3n) is 3.20. The lowest BCUT2D eigenvalue weighted by Gasteiger charge is -2.25. The largest absolute Gasteiger partial charge is 0.379 e. The number of fused-ring (bicyclic) bond motifs is 1. The molecule has 1 unspecified atom stereocenters. The van der Waals surface area contributed by atoms with Crippen LogP contribution in [0, 0.1) is 0 Å². The molecular formula is C13H15BrN4. The summed E-state index contributed by atoms with van der Waals surface area (Å²) in [6.07, 6.45) is 6.07. The molecule has 94 valence electrons. The standard InChI is InChI=1S/C13H15BrN4/c14-9-6-12-13(17-7-9)11(3-5-16-12)18-10-2-1-4-15-8-10/h3,5-7,10,15H,1-2,4,8H2,(H,16,18). The third-order valence-corrected chi connectivity index (χ3v) is 3.63. The molecule has 1 aliphatic heterocycles. The Hall–Kier alpha value is -1.20. The molecule has 3 rings (SSSR count). The number of nitrogens with zero attached hydrogens (tertiary/aromatic N) is 2. The predicted molar refractivity (Wildman–Crippen MR) is 76.8 cm³/mol. The van der Waals surface area contributed by atoms with Crippen LogP contribution in [0.5, 0.6) is 0 Å². The maximum atomic E-state index is 4.45. The van der Waals surface area contributed by atoms with E-state index in [1.165, 1.54) is 12.8 Å². The molecule has 1 atom stereocenters. The second kappa shape index (κ2) is 5.20. The zero-order valence-electron chi connectivity index (χ0n) is 9.99. The first kappa shape index (κ1) is 11.9. The Morgan fingerprint density at radius 3 is 3.17 bits per heavy atom.